The molecule has 24 heavy (non-hydrogen) atoms. The molecule has 4 rings (SSSR count). The molecule has 0 fully saturated rings. The van der Waals surface area contributed by atoms with Crippen LogP contribution in [0.4, 0.5) is 0 Å². The zero-order chi connectivity index (χ0) is 16.4. The Hall–Kier alpha value is -2.49. The molecule has 0 atom stereocenters. The zero-order valence-electron chi connectivity index (χ0n) is 13.6. The third-order valence-electron chi connectivity index (χ3n) is 4.66. The molecule has 0 radical (unpaired) electrons. The molecule has 1 N–H and O–H groups in total. The highest BCUT2D eigenvalue weighted by Gasteiger charge is 2.26. The van der Waals surface area contributed by atoms with Crippen molar-refractivity contribution in [2.24, 2.45) is 0 Å². The molecule has 4 heteroatoms. The molecule has 4 nitrogen and oxygen atoms in total. The molecule has 0 bridgehead atoms. The minimum absolute atomic E-state index is 0.0580. The standard InChI is InChI=1S/C20H21NO3/c22-19(12-14-4-2-1-3-5-14)21-9-6-17-16-8-11-23-18(16)13-15-7-10-24-20(15)17/h1-5,13H,6-12H2,(H,21,22). The van der Waals surface area contributed by atoms with Crippen LogP contribution >= 0.6 is 0 Å². The van der Waals surface area contributed by atoms with Crippen LogP contribution in [-0.4, -0.2) is 25.7 Å². The predicted molar refractivity (Wildman–Crippen MR) is 91.7 cm³/mol. The summed E-state index contributed by atoms with van der Waals surface area (Å²) in [6, 6.07) is 11.9. The van der Waals surface area contributed by atoms with Crippen LogP contribution in [0.2, 0.25) is 0 Å². The van der Waals surface area contributed by atoms with E-state index < -0.39 is 0 Å². The van der Waals surface area contributed by atoms with Crippen LogP contribution in [0, 0.1) is 0 Å². The molecule has 0 saturated heterocycles. The van der Waals surface area contributed by atoms with Crippen molar-refractivity contribution >= 4 is 5.91 Å². The zero-order valence-corrected chi connectivity index (χ0v) is 13.6. The van der Waals surface area contributed by atoms with Crippen molar-refractivity contribution in [3.05, 3.63) is 58.7 Å². The molecule has 2 aromatic carbocycles. The number of fused-ring (bicyclic) bond motifs is 2. The Morgan fingerprint density at radius 3 is 2.79 bits per heavy atom. The smallest absolute Gasteiger partial charge is 0.224 e. The Kier molecular flexibility index (Phi) is 4.11. The van der Waals surface area contributed by atoms with Crippen LogP contribution in [0.1, 0.15) is 22.3 Å². The van der Waals surface area contributed by atoms with Crippen LogP contribution in [0.5, 0.6) is 11.5 Å². The number of nitrogens with one attached hydrogen (secondary N) is 1. The average molecular weight is 323 g/mol. The lowest BCUT2D eigenvalue weighted by molar-refractivity contribution is -0.120. The van der Waals surface area contributed by atoms with E-state index in [2.05, 4.69) is 11.4 Å². The molecule has 124 valence electrons. The Morgan fingerprint density at radius 2 is 1.92 bits per heavy atom. The van der Waals surface area contributed by atoms with Gasteiger partial charge in [0.2, 0.25) is 5.91 Å². The van der Waals surface area contributed by atoms with Crippen molar-refractivity contribution < 1.29 is 14.3 Å². The minimum atomic E-state index is 0.0580. The van der Waals surface area contributed by atoms with Gasteiger partial charge in [-0.15, -0.1) is 0 Å². The number of benzene rings is 2. The molecule has 2 heterocycles. The normalized spacial score (nSPS) is 14.5. The van der Waals surface area contributed by atoms with Crippen molar-refractivity contribution in [2.45, 2.75) is 25.7 Å². The van der Waals surface area contributed by atoms with Crippen molar-refractivity contribution in [1.82, 2.24) is 5.32 Å². The van der Waals surface area contributed by atoms with Crippen LogP contribution in [-0.2, 0) is 30.5 Å². The minimum Gasteiger partial charge on any atom is -0.493 e. The summed E-state index contributed by atoms with van der Waals surface area (Å²) in [5, 5.41) is 3.03. The first-order valence-corrected chi connectivity index (χ1v) is 8.55. The van der Waals surface area contributed by atoms with E-state index in [-0.39, 0.29) is 5.91 Å². The molecule has 0 aromatic heterocycles. The van der Waals surface area contributed by atoms with E-state index in [1.54, 1.807) is 0 Å². The monoisotopic (exact) mass is 323 g/mol. The van der Waals surface area contributed by atoms with Crippen LogP contribution < -0.4 is 14.8 Å². The third-order valence-corrected chi connectivity index (χ3v) is 4.66. The number of carbonyl (C=O) groups is 1. The van der Waals surface area contributed by atoms with E-state index in [1.807, 2.05) is 30.3 Å². The lowest BCUT2D eigenvalue weighted by Gasteiger charge is -2.13. The number of hydrogen-bond acceptors (Lipinski definition) is 3. The summed E-state index contributed by atoms with van der Waals surface area (Å²) < 4.78 is 11.6. The fraction of sp³-hybridized carbons (Fsp3) is 0.350. The van der Waals surface area contributed by atoms with Gasteiger partial charge in [0, 0.05) is 36.1 Å². The average Bonchev–Trinajstić information content (AvgIpc) is 3.24. The summed E-state index contributed by atoms with van der Waals surface area (Å²) in [5.74, 6) is 2.09. The predicted octanol–water partition coefficient (Wildman–Crippen LogP) is 2.46. The molecule has 0 spiro atoms. The lowest BCUT2D eigenvalue weighted by Crippen LogP contribution is -2.27. The van der Waals surface area contributed by atoms with E-state index in [1.165, 1.54) is 16.7 Å². The Morgan fingerprint density at radius 1 is 1.08 bits per heavy atom. The Balaban J connectivity index is 1.41. The number of rotatable bonds is 5. The Bertz CT molecular complexity index is 723. The van der Waals surface area contributed by atoms with Gasteiger partial charge in [0.1, 0.15) is 11.5 Å². The number of hydrogen-bond donors (Lipinski definition) is 1. The molecule has 0 saturated carbocycles. The van der Waals surface area contributed by atoms with E-state index >= 15 is 0 Å². The SMILES string of the molecule is O=C(Cc1ccccc1)NCCc1c2c(cc3c1OCC3)OCC2. The molecule has 0 aliphatic carbocycles. The molecular formula is C20H21NO3. The van der Waals surface area contributed by atoms with Gasteiger partial charge in [0.05, 0.1) is 19.6 Å². The van der Waals surface area contributed by atoms with Gasteiger partial charge in [0.25, 0.3) is 0 Å². The number of carbonyl (C=O) groups excluding carboxylic acids is 1. The fourth-order valence-corrected chi connectivity index (χ4v) is 3.52. The first-order chi connectivity index (χ1) is 11.8. The maximum Gasteiger partial charge on any atom is 0.224 e. The van der Waals surface area contributed by atoms with E-state index in [9.17, 15) is 4.79 Å². The summed E-state index contributed by atoms with van der Waals surface area (Å²) in [5.41, 5.74) is 4.75. The highest BCUT2D eigenvalue weighted by atomic mass is 16.5. The molecular weight excluding hydrogens is 302 g/mol. The van der Waals surface area contributed by atoms with Gasteiger partial charge >= 0.3 is 0 Å². The van der Waals surface area contributed by atoms with E-state index in [0.717, 1.165) is 49.5 Å². The summed E-state index contributed by atoms with van der Waals surface area (Å²) in [4.78, 5) is 12.1. The van der Waals surface area contributed by atoms with Crippen LogP contribution in [0.15, 0.2) is 36.4 Å². The quantitative estimate of drug-likeness (QED) is 0.919. The number of amides is 1. The highest BCUT2D eigenvalue weighted by molar-refractivity contribution is 5.78. The highest BCUT2D eigenvalue weighted by Crippen LogP contribution is 2.40. The van der Waals surface area contributed by atoms with Gasteiger partial charge in [-0.25, -0.2) is 0 Å². The van der Waals surface area contributed by atoms with E-state index in [0.29, 0.717) is 13.0 Å². The maximum absolute atomic E-state index is 12.1. The largest absolute Gasteiger partial charge is 0.493 e. The third kappa shape index (κ3) is 2.96. The van der Waals surface area contributed by atoms with Crippen LogP contribution in [0.3, 0.4) is 0 Å². The van der Waals surface area contributed by atoms with Gasteiger partial charge in [0.15, 0.2) is 0 Å². The van der Waals surface area contributed by atoms with Gasteiger partial charge in [-0.1, -0.05) is 30.3 Å². The van der Waals surface area contributed by atoms with Crippen molar-refractivity contribution in [3.8, 4) is 11.5 Å². The first-order valence-electron chi connectivity index (χ1n) is 8.55. The maximum atomic E-state index is 12.1. The van der Waals surface area contributed by atoms with Gasteiger partial charge in [-0.3, -0.25) is 4.79 Å². The molecule has 2 aliphatic rings. The second-order valence-electron chi connectivity index (χ2n) is 6.28. The van der Waals surface area contributed by atoms with Crippen LogP contribution in [0.25, 0.3) is 0 Å². The summed E-state index contributed by atoms with van der Waals surface area (Å²) in [6.07, 6.45) is 3.08. The van der Waals surface area contributed by atoms with Crippen molar-refractivity contribution in [2.75, 3.05) is 19.8 Å². The lowest BCUT2D eigenvalue weighted by atomic mass is 9.97. The van der Waals surface area contributed by atoms with Gasteiger partial charge in [-0.05, 0) is 18.1 Å². The molecule has 2 aromatic rings. The molecule has 2 aliphatic heterocycles. The topological polar surface area (TPSA) is 47.6 Å². The van der Waals surface area contributed by atoms with Crippen molar-refractivity contribution in [1.29, 1.82) is 0 Å². The summed E-state index contributed by atoms with van der Waals surface area (Å²) in [7, 11) is 0. The van der Waals surface area contributed by atoms with Gasteiger partial charge < -0.3 is 14.8 Å². The number of ether oxygens (including phenoxy) is 2. The Labute approximate surface area is 141 Å². The summed E-state index contributed by atoms with van der Waals surface area (Å²) >= 11 is 0. The molecule has 0 unspecified atom stereocenters. The summed E-state index contributed by atoms with van der Waals surface area (Å²) in [6.45, 7) is 2.11. The molecule has 1 amide bonds. The second kappa shape index (κ2) is 6.56. The fourth-order valence-electron chi connectivity index (χ4n) is 3.52. The van der Waals surface area contributed by atoms with Gasteiger partial charge in [-0.2, -0.15) is 0 Å². The van der Waals surface area contributed by atoms with Crippen molar-refractivity contribution in [3.63, 3.8) is 0 Å². The first kappa shape index (κ1) is 15.1. The van der Waals surface area contributed by atoms with E-state index in [4.69, 9.17) is 9.47 Å². The second-order valence-corrected chi connectivity index (χ2v) is 6.28.